The molecule has 2 heterocycles. The third-order valence-corrected chi connectivity index (χ3v) is 4.21. The largest absolute Gasteiger partial charge is 0.387 e. The molecule has 0 amide bonds. The summed E-state index contributed by atoms with van der Waals surface area (Å²) in [5, 5.41) is 18.5. The highest BCUT2D eigenvalue weighted by atomic mass is 19.1. The van der Waals surface area contributed by atoms with Gasteiger partial charge in [0.25, 0.3) is 0 Å². The van der Waals surface area contributed by atoms with Gasteiger partial charge in [-0.05, 0) is 43.5 Å². The van der Waals surface area contributed by atoms with Gasteiger partial charge in [-0.2, -0.15) is 0 Å². The third kappa shape index (κ3) is 3.51. The van der Waals surface area contributed by atoms with Crippen molar-refractivity contribution in [3.05, 3.63) is 47.5 Å². The molecular formula is C16H21FN4O. The molecule has 0 saturated carbocycles. The quantitative estimate of drug-likeness (QED) is 0.935. The molecule has 0 bridgehead atoms. The molecule has 3 rings (SSSR count). The second-order valence-electron chi connectivity index (χ2n) is 6.22. The Hall–Kier alpha value is -1.79. The van der Waals surface area contributed by atoms with Gasteiger partial charge in [0.2, 0.25) is 0 Å². The van der Waals surface area contributed by atoms with Crippen LogP contribution in [-0.4, -0.2) is 43.7 Å². The molecular weight excluding hydrogens is 283 g/mol. The van der Waals surface area contributed by atoms with Gasteiger partial charge >= 0.3 is 0 Å². The molecule has 0 aliphatic carbocycles. The lowest BCUT2D eigenvalue weighted by atomic mass is 9.92. The zero-order chi connectivity index (χ0) is 15.6. The van der Waals surface area contributed by atoms with Crippen LogP contribution in [0, 0.1) is 12.7 Å². The first-order valence-corrected chi connectivity index (χ1v) is 7.58. The summed E-state index contributed by atoms with van der Waals surface area (Å²) in [6.45, 7) is 4.32. The molecule has 0 spiro atoms. The molecule has 1 aliphatic rings. The van der Waals surface area contributed by atoms with Crippen molar-refractivity contribution in [3.8, 4) is 0 Å². The minimum atomic E-state index is -0.810. The Labute approximate surface area is 129 Å². The topological polar surface area (TPSA) is 54.2 Å². The highest BCUT2D eigenvalue weighted by Crippen LogP contribution is 2.24. The highest BCUT2D eigenvalue weighted by molar-refractivity contribution is 5.23. The van der Waals surface area contributed by atoms with Gasteiger partial charge in [-0.3, -0.25) is 4.90 Å². The summed E-state index contributed by atoms with van der Waals surface area (Å²) in [4.78, 5) is 2.17. The van der Waals surface area contributed by atoms with Crippen molar-refractivity contribution in [3.63, 3.8) is 0 Å². The summed E-state index contributed by atoms with van der Waals surface area (Å²) in [5.74, 6) is -0.174. The molecule has 1 aromatic carbocycles. The molecule has 0 radical (unpaired) electrons. The first-order valence-electron chi connectivity index (χ1n) is 7.58. The van der Waals surface area contributed by atoms with E-state index in [4.69, 9.17) is 0 Å². The lowest BCUT2D eigenvalue weighted by molar-refractivity contribution is -0.0478. The van der Waals surface area contributed by atoms with E-state index < -0.39 is 5.60 Å². The Morgan fingerprint density at radius 1 is 1.41 bits per heavy atom. The Kier molecular flexibility index (Phi) is 4.22. The zero-order valence-electron chi connectivity index (χ0n) is 12.7. The number of aromatic nitrogens is 3. The summed E-state index contributed by atoms with van der Waals surface area (Å²) >= 11 is 0. The van der Waals surface area contributed by atoms with Gasteiger partial charge in [0.15, 0.2) is 0 Å². The maximum absolute atomic E-state index is 13.7. The van der Waals surface area contributed by atoms with Gasteiger partial charge in [0.05, 0.1) is 18.3 Å². The van der Waals surface area contributed by atoms with E-state index in [0.29, 0.717) is 25.2 Å². The number of halogens is 1. The van der Waals surface area contributed by atoms with E-state index in [-0.39, 0.29) is 5.82 Å². The summed E-state index contributed by atoms with van der Waals surface area (Å²) < 4.78 is 15.3. The van der Waals surface area contributed by atoms with Crippen molar-refractivity contribution in [1.82, 2.24) is 19.9 Å². The van der Waals surface area contributed by atoms with Crippen molar-refractivity contribution in [2.75, 3.05) is 13.1 Å². The van der Waals surface area contributed by atoms with E-state index in [1.165, 1.54) is 0 Å². The van der Waals surface area contributed by atoms with E-state index in [1.54, 1.807) is 36.1 Å². The Morgan fingerprint density at radius 3 is 3.00 bits per heavy atom. The Morgan fingerprint density at radius 2 is 2.27 bits per heavy atom. The molecule has 2 aromatic rings. The average Bonchev–Trinajstić information content (AvgIpc) is 2.95. The Bertz CT molecular complexity index is 631. The standard InChI is InChI=1S/C16H21FN4O/c1-13-3-4-14(9-15(13)17)10-20-7-2-5-16(22,11-20)12-21-8-6-18-19-21/h3-4,6,8-9,22H,2,5,7,10-12H2,1H3. The molecule has 1 fully saturated rings. The summed E-state index contributed by atoms with van der Waals surface area (Å²) in [6, 6.07) is 5.33. The predicted octanol–water partition coefficient (Wildman–Crippen LogP) is 1.75. The van der Waals surface area contributed by atoms with Gasteiger partial charge in [-0.15, -0.1) is 5.10 Å². The van der Waals surface area contributed by atoms with Gasteiger partial charge in [0.1, 0.15) is 5.82 Å². The normalized spacial score (nSPS) is 22.9. The first kappa shape index (κ1) is 15.1. The van der Waals surface area contributed by atoms with Crippen molar-refractivity contribution in [2.24, 2.45) is 0 Å². The van der Waals surface area contributed by atoms with Crippen LogP contribution in [0.3, 0.4) is 0 Å². The van der Waals surface area contributed by atoms with Crippen LogP contribution in [0.5, 0.6) is 0 Å². The van der Waals surface area contributed by atoms with Crippen LogP contribution >= 0.6 is 0 Å². The molecule has 118 valence electrons. The third-order valence-electron chi connectivity index (χ3n) is 4.21. The average molecular weight is 304 g/mol. The van der Waals surface area contributed by atoms with Gasteiger partial charge in [-0.1, -0.05) is 17.3 Å². The number of β-amino-alcohol motifs (C(OH)–C–C–N with tert-alkyl or cyclic N) is 1. The predicted molar refractivity (Wildman–Crippen MR) is 80.6 cm³/mol. The molecule has 1 N–H and O–H groups in total. The Balaban J connectivity index is 1.66. The number of benzene rings is 1. The number of hydrogen-bond acceptors (Lipinski definition) is 4. The van der Waals surface area contributed by atoms with Crippen LogP contribution < -0.4 is 0 Å². The number of piperidine rings is 1. The fraction of sp³-hybridized carbons (Fsp3) is 0.500. The van der Waals surface area contributed by atoms with Crippen molar-refractivity contribution < 1.29 is 9.50 Å². The fourth-order valence-corrected chi connectivity index (χ4v) is 3.08. The maximum Gasteiger partial charge on any atom is 0.126 e. The highest BCUT2D eigenvalue weighted by Gasteiger charge is 2.33. The summed E-state index contributed by atoms with van der Waals surface area (Å²) in [6.07, 6.45) is 5.02. The molecule has 1 atom stereocenters. The van der Waals surface area contributed by atoms with E-state index in [2.05, 4.69) is 15.2 Å². The molecule has 1 unspecified atom stereocenters. The molecule has 6 heteroatoms. The zero-order valence-corrected chi connectivity index (χ0v) is 12.7. The SMILES string of the molecule is Cc1ccc(CN2CCCC(O)(Cn3ccnn3)C2)cc1F. The van der Waals surface area contributed by atoms with Crippen LogP contribution in [0.25, 0.3) is 0 Å². The monoisotopic (exact) mass is 304 g/mol. The number of aryl methyl sites for hydroxylation is 1. The number of rotatable bonds is 4. The summed E-state index contributed by atoms with van der Waals surface area (Å²) in [5.41, 5.74) is 0.785. The van der Waals surface area contributed by atoms with Gasteiger partial charge in [0, 0.05) is 19.3 Å². The molecule has 1 aromatic heterocycles. The number of hydrogen-bond donors (Lipinski definition) is 1. The van der Waals surface area contributed by atoms with Gasteiger partial charge < -0.3 is 5.11 Å². The minimum Gasteiger partial charge on any atom is -0.387 e. The lowest BCUT2D eigenvalue weighted by Gasteiger charge is -2.39. The van der Waals surface area contributed by atoms with Crippen molar-refractivity contribution in [2.45, 2.75) is 38.5 Å². The van der Waals surface area contributed by atoms with Crippen LogP contribution in [0.2, 0.25) is 0 Å². The molecule has 22 heavy (non-hydrogen) atoms. The van der Waals surface area contributed by atoms with Crippen LogP contribution in [0.4, 0.5) is 4.39 Å². The van der Waals surface area contributed by atoms with Crippen molar-refractivity contribution >= 4 is 0 Å². The van der Waals surface area contributed by atoms with Crippen LogP contribution in [0.1, 0.15) is 24.0 Å². The number of nitrogens with zero attached hydrogens (tertiary/aromatic N) is 4. The number of likely N-dealkylation sites (tertiary alicyclic amines) is 1. The van der Waals surface area contributed by atoms with E-state index >= 15 is 0 Å². The smallest absolute Gasteiger partial charge is 0.126 e. The fourth-order valence-electron chi connectivity index (χ4n) is 3.08. The van der Waals surface area contributed by atoms with Gasteiger partial charge in [-0.25, -0.2) is 9.07 Å². The second kappa shape index (κ2) is 6.14. The molecule has 1 saturated heterocycles. The molecule has 5 nitrogen and oxygen atoms in total. The minimum absolute atomic E-state index is 0.174. The van der Waals surface area contributed by atoms with E-state index in [9.17, 15) is 9.50 Å². The first-order chi connectivity index (χ1) is 10.5. The molecule has 1 aliphatic heterocycles. The second-order valence-corrected chi connectivity index (χ2v) is 6.22. The summed E-state index contributed by atoms with van der Waals surface area (Å²) in [7, 11) is 0. The van der Waals surface area contributed by atoms with Crippen LogP contribution in [-0.2, 0) is 13.1 Å². The van der Waals surface area contributed by atoms with Crippen molar-refractivity contribution in [1.29, 1.82) is 0 Å². The number of aliphatic hydroxyl groups is 1. The van der Waals surface area contributed by atoms with E-state index in [1.807, 2.05) is 6.07 Å². The maximum atomic E-state index is 13.7. The van der Waals surface area contributed by atoms with E-state index in [0.717, 1.165) is 24.9 Å². The lowest BCUT2D eigenvalue weighted by Crippen LogP contribution is -2.50. The van der Waals surface area contributed by atoms with Crippen LogP contribution in [0.15, 0.2) is 30.6 Å².